The third kappa shape index (κ3) is 5.03. The summed E-state index contributed by atoms with van der Waals surface area (Å²) in [6.45, 7) is 7.74. The van der Waals surface area contributed by atoms with Crippen LogP contribution in [0.15, 0.2) is 11.6 Å². The molecule has 8 heteroatoms. The van der Waals surface area contributed by atoms with Crippen LogP contribution in [0.25, 0.3) is 0 Å². The van der Waals surface area contributed by atoms with E-state index in [0.29, 0.717) is 19.7 Å². The second-order valence-electron chi connectivity index (χ2n) is 6.65. The third-order valence-corrected chi connectivity index (χ3v) is 6.24. The van der Waals surface area contributed by atoms with Gasteiger partial charge in [0.1, 0.15) is 6.61 Å². The smallest absolute Gasteiger partial charge is 0.249 e. The van der Waals surface area contributed by atoms with Gasteiger partial charge in [0.05, 0.1) is 31.1 Å². The molecule has 0 N–H and O–H groups in total. The Morgan fingerprint density at radius 3 is 2.64 bits per heavy atom. The van der Waals surface area contributed by atoms with Crippen LogP contribution in [0, 0.1) is 0 Å². The van der Waals surface area contributed by atoms with Gasteiger partial charge in [-0.3, -0.25) is 4.79 Å². The molecule has 3 atom stereocenters. The number of ether oxygens (including phenoxy) is 2. The number of nitrogens with zero attached hydrogens (tertiary/aromatic N) is 2. The Bertz CT molecular complexity index is 604. The third-order valence-electron chi connectivity index (χ3n) is 4.89. The number of hydrogen-bond donors (Lipinski definition) is 0. The van der Waals surface area contributed by atoms with Crippen molar-refractivity contribution in [2.75, 3.05) is 39.1 Å². The number of rotatable bonds is 9. The Balaban J connectivity index is 2.16. The van der Waals surface area contributed by atoms with Crippen molar-refractivity contribution in [3.8, 4) is 0 Å². The molecule has 0 spiro atoms. The van der Waals surface area contributed by atoms with Crippen molar-refractivity contribution in [1.29, 1.82) is 0 Å². The minimum Gasteiger partial charge on any atom is -0.370 e. The molecule has 1 heterocycles. The van der Waals surface area contributed by atoms with Crippen LogP contribution in [0.3, 0.4) is 0 Å². The van der Waals surface area contributed by atoms with Crippen molar-refractivity contribution in [2.45, 2.75) is 51.9 Å². The summed E-state index contributed by atoms with van der Waals surface area (Å²) in [5.74, 6) is -0.0143. The SMILES string of the molecule is CCC(C)OC(CN(CC)S(C)(=O)=O)C1=CCC1N1CCOCC1=O. The van der Waals surface area contributed by atoms with Crippen molar-refractivity contribution >= 4 is 15.9 Å². The van der Waals surface area contributed by atoms with E-state index >= 15 is 0 Å². The van der Waals surface area contributed by atoms with Gasteiger partial charge in [0.15, 0.2) is 0 Å². The lowest BCUT2D eigenvalue weighted by Gasteiger charge is -2.43. The minimum absolute atomic E-state index is 0.0104. The van der Waals surface area contributed by atoms with Gasteiger partial charge in [-0.05, 0) is 25.3 Å². The molecule has 144 valence electrons. The fraction of sp³-hybridized carbons (Fsp3) is 0.824. The second kappa shape index (κ2) is 8.62. The van der Waals surface area contributed by atoms with Crippen LogP contribution < -0.4 is 0 Å². The molecule has 1 fully saturated rings. The van der Waals surface area contributed by atoms with Gasteiger partial charge in [0.2, 0.25) is 15.9 Å². The van der Waals surface area contributed by atoms with Crippen LogP contribution in [0.2, 0.25) is 0 Å². The summed E-state index contributed by atoms with van der Waals surface area (Å²) in [5.41, 5.74) is 1.01. The highest BCUT2D eigenvalue weighted by molar-refractivity contribution is 7.88. The van der Waals surface area contributed by atoms with Gasteiger partial charge in [0, 0.05) is 19.6 Å². The Morgan fingerprint density at radius 1 is 1.44 bits per heavy atom. The number of likely N-dealkylation sites (N-methyl/N-ethyl adjacent to an activating group) is 1. The molecular weight excluding hydrogens is 344 g/mol. The Labute approximate surface area is 151 Å². The summed E-state index contributed by atoms with van der Waals surface area (Å²) in [7, 11) is -3.30. The molecule has 0 bridgehead atoms. The zero-order valence-corrected chi connectivity index (χ0v) is 16.4. The highest BCUT2D eigenvalue weighted by Crippen LogP contribution is 2.32. The number of carbonyl (C=O) groups excluding carboxylic acids is 1. The lowest BCUT2D eigenvalue weighted by atomic mass is 9.85. The maximum atomic E-state index is 12.1. The van der Waals surface area contributed by atoms with Gasteiger partial charge in [0.25, 0.3) is 0 Å². The summed E-state index contributed by atoms with van der Waals surface area (Å²) in [5, 5.41) is 0. The first-order valence-corrected chi connectivity index (χ1v) is 10.8. The average Bonchev–Trinajstić information content (AvgIpc) is 2.52. The number of sulfonamides is 1. The van der Waals surface area contributed by atoms with E-state index in [9.17, 15) is 13.2 Å². The first kappa shape index (κ1) is 20.4. The molecule has 3 unspecified atom stereocenters. The number of amides is 1. The van der Waals surface area contributed by atoms with Crippen LogP contribution in [-0.4, -0.2) is 80.9 Å². The maximum absolute atomic E-state index is 12.1. The fourth-order valence-electron chi connectivity index (χ4n) is 3.16. The van der Waals surface area contributed by atoms with E-state index < -0.39 is 10.0 Å². The summed E-state index contributed by atoms with van der Waals surface area (Å²) in [6.07, 6.45) is 4.60. The predicted octanol–water partition coefficient (Wildman–Crippen LogP) is 1.01. The molecule has 1 aliphatic carbocycles. The van der Waals surface area contributed by atoms with Crippen molar-refractivity contribution in [2.24, 2.45) is 0 Å². The Morgan fingerprint density at radius 2 is 2.16 bits per heavy atom. The van der Waals surface area contributed by atoms with E-state index in [1.165, 1.54) is 10.6 Å². The van der Waals surface area contributed by atoms with Crippen molar-refractivity contribution in [3.63, 3.8) is 0 Å². The summed E-state index contributed by atoms with van der Waals surface area (Å²) >= 11 is 0. The van der Waals surface area contributed by atoms with Gasteiger partial charge in [-0.15, -0.1) is 0 Å². The molecule has 1 saturated heterocycles. The van der Waals surface area contributed by atoms with E-state index in [1.54, 1.807) is 0 Å². The molecule has 0 aromatic heterocycles. The highest BCUT2D eigenvalue weighted by atomic mass is 32.2. The zero-order valence-electron chi connectivity index (χ0n) is 15.6. The van der Waals surface area contributed by atoms with E-state index in [0.717, 1.165) is 18.4 Å². The van der Waals surface area contributed by atoms with Crippen LogP contribution in [-0.2, 0) is 24.3 Å². The number of carbonyl (C=O) groups is 1. The minimum atomic E-state index is -3.30. The Kier molecular flexibility index (Phi) is 7.01. The molecule has 0 aromatic rings. The molecule has 1 amide bonds. The van der Waals surface area contributed by atoms with Crippen LogP contribution in [0.1, 0.15) is 33.6 Å². The first-order chi connectivity index (χ1) is 11.8. The summed E-state index contributed by atoms with van der Waals surface area (Å²) < 4.78 is 36.8. The normalized spacial score (nSPS) is 24.0. The zero-order chi connectivity index (χ0) is 18.6. The largest absolute Gasteiger partial charge is 0.370 e. The Hall–Kier alpha value is -0.960. The first-order valence-electron chi connectivity index (χ1n) is 8.95. The molecule has 25 heavy (non-hydrogen) atoms. The van der Waals surface area contributed by atoms with Gasteiger partial charge in [-0.1, -0.05) is 19.9 Å². The molecule has 0 saturated carbocycles. The molecule has 1 aliphatic heterocycles. The van der Waals surface area contributed by atoms with Crippen molar-refractivity contribution < 1.29 is 22.7 Å². The van der Waals surface area contributed by atoms with Gasteiger partial charge >= 0.3 is 0 Å². The van der Waals surface area contributed by atoms with Crippen LogP contribution in [0.5, 0.6) is 0 Å². The molecule has 2 rings (SSSR count). The van der Waals surface area contributed by atoms with E-state index in [4.69, 9.17) is 9.47 Å². The van der Waals surface area contributed by atoms with Crippen molar-refractivity contribution in [1.82, 2.24) is 9.21 Å². The molecule has 0 aromatic carbocycles. The van der Waals surface area contributed by atoms with Gasteiger partial charge in [-0.25, -0.2) is 8.42 Å². The lowest BCUT2D eigenvalue weighted by molar-refractivity contribution is -0.145. The predicted molar refractivity (Wildman–Crippen MR) is 95.7 cm³/mol. The van der Waals surface area contributed by atoms with Gasteiger partial charge in [-0.2, -0.15) is 4.31 Å². The fourth-order valence-corrected chi connectivity index (χ4v) is 4.03. The lowest BCUT2D eigenvalue weighted by Crippen LogP contribution is -2.54. The topological polar surface area (TPSA) is 76.2 Å². The van der Waals surface area contributed by atoms with E-state index in [2.05, 4.69) is 6.08 Å². The average molecular weight is 375 g/mol. The van der Waals surface area contributed by atoms with Crippen LogP contribution >= 0.6 is 0 Å². The second-order valence-corrected chi connectivity index (χ2v) is 8.63. The molecule has 7 nitrogen and oxygen atoms in total. The molecule has 2 aliphatic rings. The highest BCUT2D eigenvalue weighted by Gasteiger charge is 2.38. The van der Waals surface area contributed by atoms with Crippen molar-refractivity contribution in [3.05, 3.63) is 11.6 Å². The van der Waals surface area contributed by atoms with Gasteiger partial charge < -0.3 is 14.4 Å². The number of hydrogen-bond acceptors (Lipinski definition) is 5. The number of morpholine rings is 1. The van der Waals surface area contributed by atoms with E-state index in [1.807, 2.05) is 25.7 Å². The van der Waals surface area contributed by atoms with E-state index in [-0.39, 0.29) is 37.3 Å². The molecule has 0 radical (unpaired) electrons. The standard InChI is InChI=1S/C17H30N2O5S/c1-5-13(3)24-16(11-18(6-2)25(4,21)22)14-7-8-15(14)19-9-10-23-12-17(19)20/h7,13,15-16H,5-6,8-12H2,1-4H3. The molecular formula is C17H30N2O5S. The summed E-state index contributed by atoms with van der Waals surface area (Å²) in [4.78, 5) is 14.0. The maximum Gasteiger partial charge on any atom is 0.249 e. The van der Waals surface area contributed by atoms with Crippen LogP contribution in [0.4, 0.5) is 0 Å². The summed E-state index contributed by atoms with van der Waals surface area (Å²) in [6, 6.07) is -0.0104. The quantitative estimate of drug-likeness (QED) is 0.563. The monoisotopic (exact) mass is 374 g/mol.